The molecule has 1 N–H and O–H groups in total. The number of morpholine rings is 1. The fraction of sp³-hybridized carbons (Fsp3) is 0.529. The molecular formula is C17H21N5O3. The molecule has 2 fully saturated rings. The van der Waals surface area contributed by atoms with Gasteiger partial charge in [0.1, 0.15) is 5.82 Å². The first-order chi connectivity index (χ1) is 12.3. The van der Waals surface area contributed by atoms with E-state index in [1.807, 2.05) is 12.1 Å². The van der Waals surface area contributed by atoms with Crippen molar-refractivity contribution in [1.29, 1.82) is 0 Å². The first-order valence-corrected chi connectivity index (χ1v) is 8.73. The molecule has 8 heteroatoms. The van der Waals surface area contributed by atoms with E-state index in [9.17, 15) is 4.79 Å². The summed E-state index contributed by atoms with van der Waals surface area (Å²) < 4.78 is 10.5. The van der Waals surface area contributed by atoms with Gasteiger partial charge in [-0.1, -0.05) is 18.0 Å². The Morgan fingerprint density at radius 3 is 2.84 bits per heavy atom. The lowest BCUT2D eigenvalue weighted by Gasteiger charge is -2.27. The molecule has 25 heavy (non-hydrogen) atoms. The van der Waals surface area contributed by atoms with Crippen LogP contribution in [0.1, 0.15) is 36.4 Å². The number of nitrogens with zero attached hydrogens (tertiary/aromatic N) is 4. The van der Waals surface area contributed by atoms with Gasteiger partial charge in [0.2, 0.25) is 5.82 Å². The van der Waals surface area contributed by atoms with Gasteiger partial charge in [-0.25, -0.2) is 4.98 Å². The molecule has 0 spiro atoms. The average molecular weight is 343 g/mol. The Morgan fingerprint density at radius 2 is 2.04 bits per heavy atom. The highest BCUT2D eigenvalue weighted by Crippen LogP contribution is 2.22. The molecule has 8 nitrogen and oxygen atoms in total. The van der Waals surface area contributed by atoms with Crippen molar-refractivity contribution in [2.45, 2.75) is 31.7 Å². The summed E-state index contributed by atoms with van der Waals surface area (Å²) in [6, 6.07) is 3.94. The van der Waals surface area contributed by atoms with Crippen LogP contribution in [0.25, 0.3) is 11.4 Å². The van der Waals surface area contributed by atoms with Gasteiger partial charge in [-0.15, -0.1) is 0 Å². The number of hydrogen-bond acceptors (Lipinski definition) is 7. The van der Waals surface area contributed by atoms with Gasteiger partial charge in [0.25, 0.3) is 0 Å². The Morgan fingerprint density at radius 1 is 1.24 bits per heavy atom. The number of ether oxygens (including phenoxy) is 1. The second kappa shape index (κ2) is 7.18. The number of amides is 1. The molecule has 1 aliphatic heterocycles. The van der Waals surface area contributed by atoms with Crippen molar-refractivity contribution in [3.8, 4) is 11.4 Å². The summed E-state index contributed by atoms with van der Waals surface area (Å²) in [7, 11) is 0. The van der Waals surface area contributed by atoms with Crippen LogP contribution < -0.4 is 10.2 Å². The molecule has 2 aliphatic rings. The molecule has 0 unspecified atom stereocenters. The van der Waals surface area contributed by atoms with Crippen molar-refractivity contribution in [3.05, 3.63) is 24.2 Å². The van der Waals surface area contributed by atoms with E-state index >= 15 is 0 Å². The average Bonchev–Trinajstić information content (AvgIpc) is 3.34. The number of hydrogen-bond donors (Lipinski definition) is 1. The van der Waals surface area contributed by atoms with E-state index in [-0.39, 0.29) is 17.8 Å². The van der Waals surface area contributed by atoms with Crippen molar-refractivity contribution in [1.82, 2.24) is 20.4 Å². The first kappa shape index (κ1) is 16.0. The zero-order chi connectivity index (χ0) is 17.1. The van der Waals surface area contributed by atoms with Crippen molar-refractivity contribution >= 4 is 11.7 Å². The summed E-state index contributed by atoms with van der Waals surface area (Å²) in [6.45, 7) is 2.99. The number of anilines is 1. The third kappa shape index (κ3) is 3.63. The zero-order valence-electron chi connectivity index (χ0n) is 14.0. The summed E-state index contributed by atoms with van der Waals surface area (Å²) in [4.78, 5) is 23.0. The molecule has 3 heterocycles. The number of pyridine rings is 1. The first-order valence-electron chi connectivity index (χ1n) is 8.73. The van der Waals surface area contributed by atoms with Gasteiger partial charge in [0.05, 0.1) is 13.2 Å². The molecule has 0 atom stereocenters. The van der Waals surface area contributed by atoms with Crippen molar-refractivity contribution < 1.29 is 14.1 Å². The Kier molecular flexibility index (Phi) is 4.60. The van der Waals surface area contributed by atoms with Gasteiger partial charge in [-0.2, -0.15) is 4.98 Å². The zero-order valence-corrected chi connectivity index (χ0v) is 14.0. The molecule has 0 radical (unpaired) electrons. The van der Waals surface area contributed by atoms with Crippen LogP contribution >= 0.6 is 0 Å². The van der Waals surface area contributed by atoms with Crippen LogP contribution in [-0.4, -0.2) is 53.4 Å². The van der Waals surface area contributed by atoms with Crippen LogP contribution in [0, 0.1) is 0 Å². The number of carbonyl (C=O) groups is 1. The summed E-state index contributed by atoms with van der Waals surface area (Å²) in [6.07, 6.45) is 6.05. The predicted octanol–water partition coefficient (Wildman–Crippen LogP) is 1.64. The van der Waals surface area contributed by atoms with Crippen molar-refractivity contribution in [3.63, 3.8) is 0 Å². The summed E-state index contributed by atoms with van der Waals surface area (Å²) in [5.41, 5.74) is 0.778. The van der Waals surface area contributed by atoms with Gasteiger partial charge in [-0.05, 0) is 25.0 Å². The van der Waals surface area contributed by atoms with Crippen molar-refractivity contribution in [2.75, 3.05) is 31.2 Å². The van der Waals surface area contributed by atoms with E-state index in [0.717, 1.165) is 50.2 Å². The molecule has 1 aliphatic carbocycles. The minimum Gasteiger partial charge on any atom is -0.378 e. The largest absolute Gasteiger partial charge is 0.378 e. The van der Waals surface area contributed by atoms with Gasteiger partial charge in [-0.3, -0.25) is 4.79 Å². The normalized spacial score (nSPS) is 18.5. The standard InChI is InChI=1S/C17H21N5O3/c23-16(19-13-3-1-2-4-13)17-20-15(21-25-17)12-5-6-18-14(11-12)22-7-9-24-10-8-22/h5-6,11,13H,1-4,7-10H2,(H,19,23). The van der Waals surface area contributed by atoms with Crippen LogP contribution in [0.5, 0.6) is 0 Å². The number of carbonyl (C=O) groups excluding carboxylic acids is 1. The van der Waals surface area contributed by atoms with E-state index in [0.29, 0.717) is 19.0 Å². The topological polar surface area (TPSA) is 93.4 Å². The lowest BCUT2D eigenvalue weighted by Crippen LogP contribution is -2.36. The van der Waals surface area contributed by atoms with Gasteiger partial charge in [0.15, 0.2) is 0 Å². The lowest BCUT2D eigenvalue weighted by molar-refractivity contribution is 0.0893. The molecule has 132 valence electrons. The smallest absolute Gasteiger partial charge is 0.316 e. The molecule has 0 bridgehead atoms. The van der Waals surface area contributed by atoms with Gasteiger partial charge in [0, 0.05) is 30.9 Å². The van der Waals surface area contributed by atoms with Gasteiger partial charge < -0.3 is 19.5 Å². The van der Waals surface area contributed by atoms with Crippen LogP contribution in [0.3, 0.4) is 0 Å². The highest BCUT2D eigenvalue weighted by molar-refractivity contribution is 5.90. The molecule has 2 aromatic rings. The van der Waals surface area contributed by atoms with Crippen LogP contribution in [0.2, 0.25) is 0 Å². The maximum atomic E-state index is 12.2. The highest BCUT2D eigenvalue weighted by Gasteiger charge is 2.22. The second-order valence-electron chi connectivity index (χ2n) is 6.38. The Balaban J connectivity index is 1.48. The van der Waals surface area contributed by atoms with Crippen LogP contribution in [0.15, 0.2) is 22.9 Å². The molecule has 1 saturated carbocycles. The van der Waals surface area contributed by atoms with E-state index < -0.39 is 0 Å². The summed E-state index contributed by atoms with van der Waals surface area (Å²) in [5.74, 6) is 0.954. The fourth-order valence-electron chi connectivity index (χ4n) is 3.27. The van der Waals surface area contributed by atoms with E-state index in [2.05, 4.69) is 25.3 Å². The van der Waals surface area contributed by atoms with E-state index in [1.165, 1.54) is 0 Å². The van der Waals surface area contributed by atoms with Crippen molar-refractivity contribution in [2.24, 2.45) is 0 Å². The third-order valence-corrected chi connectivity index (χ3v) is 4.65. The minimum absolute atomic E-state index is 0.00614. The molecule has 4 rings (SSSR count). The fourth-order valence-corrected chi connectivity index (χ4v) is 3.27. The maximum Gasteiger partial charge on any atom is 0.316 e. The predicted molar refractivity (Wildman–Crippen MR) is 90.3 cm³/mol. The lowest BCUT2D eigenvalue weighted by atomic mass is 10.2. The SMILES string of the molecule is O=C(NC1CCCC1)c1nc(-c2ccnc(N3CCOCC3)c2)no1. The molecule has 1 saturated heterocycles. The second-order valence-corrected chi connectivity index (χ2v) is 6.38. The quantitative estimate of drug-likeness (QED) is 0.902. The summed E-state index contributed by atoms with van der Waals surface area (Å²) >= 11 is 0. The molecule has 2 aromatic heterocycles. The highest BCUT2D eigenvalue weighted by atomic mass is 16.5. The van der Waals surface area contributed by atoms with E-state index in [1.54, 1.807) is 6.20 Å². The van der Waals surface area contributed by atoms with Crippen LogP contribution in [0.4, 0.5) is 5.82 Å². The maximum absolute atomic E-state index is 12.2. The monoisotopic (exact) mass is 343 g/mol. The Labute approximate surface area is 145 Å². The Hall–Kier alpha value is -2.48. The number of nitrogens with one attached hydrogen (secondary N) is 1. The third-order valence-electron chi connectivity index (χ3n) is 4.65. The molecule has 1 amide bonds. The Bertz CT molecular complexity index is 735. The van der Waals surface area contributed by atoms with Gasteiger partial charge >= 0.3 is 11.8 Å². The molecule has 0 aromatic carbocycles. The number of rotatable bonds is 4. The number of aromatic nitrogens is 3. The summed E-state index contributed by atoms with van der Waals surface area (Å²) in [5, 5.41) is 6.90. The molecular weight excluding hydrogens is 322 g/mol. The van der Waals surface area contributed by atoms with Crippen LogP contribution in [-0.2, 0) is 4.74 Å². The minimum atomic E-state index is -0.298. The van der Waals surface area contributed by atoms with E-state index in [4.69, 9.17) is 9.26 Å².